The van der Waals surface area contributed by atoms with Gasteiger partial charge < -0.3 is 19.1 Å². The molecule has 24 heavy (non-hydrogen) atoms. The molecule has 1 N–H and O–H groups in total. The van der Waals surface area contributed by atoms with Crippen LogP contribution in [0, 0.1) is 0 Å². The highest BCUT2D eigenvalue weighted by Crippen LogP contribution is 2.28. The Hall–Kier alpha value is -1.84. The molecular weight excluding hydrogens is 336 g/mol. The van der Waals surface area contributed by atoms with E-state index in [1.54, 1.807) is 11.0 Å². The van der Waals surface area contributed by atoms with Gasteiger partial charge in [-0.05, 0) is 12.1 Å². The fourth-order valence-electron chi connectivity index (χ4n) is 2.40. The maximum absolute atomic E-state index is 12.6. The summed E-state index contributed by atoms with van der Waals surface area (Å²) in [4.78, 5) is 13.0. The number of ether oxygens (including phenoxy) is 3. The highest BCUT2D eigenvalue weighted by molar-refractivity contribution is 7.89. The second-order valence-corrected chi connectivity index (χ2v) is 7.06. The van der Waals surface area contributed by atoms with Crippen LogP contribution in [0.2, 0.25) is 0 Å². The normalized spacial score (nSPS) is 18.3. The predicted octanol–water partition coefficient (Wildman–Crippen LogP) is 0.229. The van der Waals surface area contributed by atoms with Crippen LogP contribution in [0.5, 0.6) is 11.5 Å². The Morgan fingerprint density at radius 2 is 2.12 bits per heavy atom. The first-order valence-electron chi connectivity index (χ1n) is 7.46. The minimum Gasteiger partial charge on any atom is -0.497 e. The van der Waals surface area contributed by atoms with Crippen molar-refractivity contribution in [3.63, 3.8) is 0 Å². The van der Waals surface area contributed by atoms with Crippen LogP contribution in [-0.4, -0.2) is 65.8 Å². The van der Waals surface area contributed by atoms with Gasteiger partial charge in [0.2, 0.25) is 15.9 Å². The van der Waals surface area contributed by atoms with Crippen molar-refractivity contribution in [3.05, 3.63) is 18.2 Å². The lowest BCUT2D eigenvalue weighted by atomic mass is 10.3. The molecule has 1 atom stereocenters. The monoisotopic (exact) mass is 358 g/mol. The van der Waals surface area contributed by atoms with Gasteiger partial charge in [-0.25, -0.2) is 13.1 Å². The second kappa shape index (κ2) is 7.82. The lowest BCUT2D eigenvalue weighted by molar-refractivity contribution is -0.136. The van der Waals surface area contributed by atoms with Crippen molar-refractivity contribution in [2.24, 2.45) is 0 Å². The zero-order valence-electron chi connectivity index (χ0n) is 13.9. The van der Waals surface area contributed by atoms with E-state index in [4.69, 9.17) is 14.2 Å². The van der Waals surface area contributed by atoms with Crippen LogP contribution < -0.4 is 14.2 Å². The highest BCUT2D eigenvalue weighted by Gasteiger charge is 2.26. The zero-order chi connectivity index (χ0) is 17.7. The van der Waals surface area contributed by atoms with E-state index < -0.39 is 16.1 Å². The van der Waals surface area contributed by atoms with E-state index in [0.717, 1.165) is 0 Å². The van der Waals surface area contributed by atoms with Crippen molar-refractivity contribution in [1.29, 1.82) is 0 Å². The standard InChI is InChI=1S/C15H22N2O6S/c1-11(18)17-6-7-23-13(10-17)9-16-24(19,20)15-8-12(21-2)4-5-14(15)22-3/h4-5,8,13,16H,6-7,9-10H2,1-3H3/t13-/m1/s1. The molecule has 1 aromatic rings. The maximum atomic E-state index is 12.6. The number of sulfonamides is 1. The second-order valence-electron chi connectivity index (χ2n) is 5.33. The Morgan fingerprint density at radius 3 is 2.75 bits per heavy atom. The Labute approximate surface area is 141 Å². The molecule has 1 fully saturated rings. The Balaban J connectivity index is 2.10. The van der Waals surface area contributed by atoms with Crippen molar-refractivity contribution in [2.75, 3.05) is 40.5 Å². The van der Waals surface area contributed by atoms with Gasteiger partial charge in [-0.2, -0.15) is 0 Å². The van der Waals surface area contributed by atoms with Gasteiger partial charge in [0, 0.05) is 32.6 Å². The van der Waals surface area contributed by atoms with E-state index in [0.29, 0.717) is 25.4 Å². The average Bonchev–Trinajstić information content (AvgIpc) is 2.59. The number of hydrogen-bond acceptors (Lipinski definition) is 6. The lowest BCUT2D eigenvalue weighted by Gasteiger charge is -2.32. The quantitative estimate of drug-likeness (QED) is 0.782. The number of carbonyl (C=O) groups is 1. The summed E-state index contributed by atoms with van der Waals surface area (Å²) in [5.41, 5.74) is 0. The number of hydrogen-bond donors (Lipinski definition) is 1. The summed E-state index contributed by atoms with van der Waals surface area (Å²) < 4.78 is 43.3. The van der Waals surface area contributed by atoms with E-state index in [1.165, 1.54) is 33.3 Å². The Morgan fingerprint density at radius 1 is 1.38 bits per heavy atom. The van der Waals surface area contributed by atoms with E-state index in [9.17, 15) is 13.2 Å². The molecule has 0 saturated carbocycles. The summed E-state index contributed by atoms with van der Waals surface area (Å²) in [7, 11) is -0.956. The van der Waals surface area contributed by atoms with Crippen LogP contribution in [0.3, 0.4) is 0 Å². The minimum absolute atomic E-state index is 0.0106. The van der Waals surface area contributed by atoms with Gasteiger partial charge in [-0.3, -0.25) is 4.79 Å². The van der Waals surface area contributed by atoms with E-state index in [2.05, 4.69) is 4.72 Å². The fourth-order valence-corrected chi connectivity index (χ4v) is 3.65. The molecule has 9 heteroatoms. The van der Waals surface area contributed by atoms with E-state index in [1.807, 2.05) is 0 Å². The van der Waals surface area contributed by atoms with Gasteiger partial charge in [0.1, 0.15) is 16.4 Å². The first-order valence-corrected chi connectivity index (χ1v) is 8.94. The lowest BCUT2D eigenvalue weighted by Crippen LogP contribution is -2.49. The van der Waals surface area contributed by atoms with Gasteiger partial charge >= 0.3 is 0 Å². The number of nitrogens with one attached hydrogen (secondary N) is 1. The average molecular weight is 358 g/mol. The number of nitrogens with zero attached hydrogens (tertiary/aromatic N) is 1. The molecule has 0 unspecified atom stereocenters. The molecule has 0 spiro atoms. The number of methoxy groups -OCH3 is 2. The van der Waals surface area contributed by atoms with Crippen LogP contribution in [0.4, 0.5) is 0 Å². The molecule has 1 aliphatic heterocycles. The molecule has 0 bridgehead atoms. The predicted molar refractivity (Wildman–Crippen MR) is 86.7 cm³/mol. The first-order chi connectivity index (χ1) is 11.4. The first kappa shape index (κ1) is 18.5. The molecular formula is C15H22N2O6S. The van der Waals surface area contributed by atoms with Crippen molar-refractivity contribution in [3.8, 4) is 11.5 Å². The summed E-state index contributed by atoms with van der Waals surface area (Å²) in [6.07, 6.45) is -0.394. The molecule has 1 amide bonds. The largest absolute Gasteiger partial charge is 0.497 e. The molecule has 0 radical (unpaired) electrons. The third kappa shape index (κ3) is 4.37. The van der Waals surface area contributed by atoms with Crippen LogP contribution in [0.1, 0.15) is 6.92 Å². The number of benzene rings is 1. The van der Waals surface area contributed by atoms with Crippen molar-refractivity contribution >= 4 is 15.9 Å². The van der Waals surface area contributed by atoms with E-state index in [-0.39, 0.29) is 23.1 Å². The van der Waals surface area contributed by atoms with Gasteiger partial charge in [0.15, 0.2) is 0 Å². The van der Waals surface area contributed by atoms with Gasteiger partial charge in [-0.15, -0.1) is 0 Å². The summed E-state index contributed by atoms with van der Waals surface area (Å²) in [5, 5.41) is 0. The molecule has 8 nitrogen and oxygen atoms in total. The van der Waals surface area contributed by atoms with Gasteiger partial charge in [0.25, 0.3) is 0 Å². The van der Waals surface area contributed by atoms with Gasteiger partial charge in [-0.1, -0.05) is 0 Å². The summed E-state index contributed by atoms with van der Waals surface area (Å²) in [6, 6.07) is 4.54. The molecule has 1 heterocycles. The van der Waals surface area contributed by atoms with E-state index >= 15 is 0 Å². The van der Waals surface area contributed by atoms with Crippen LogP contribution in [0.15, 0.2) is 23.1 Å². The molecule has 0 aromatic heterocycles. The van der Waals surface area contributed by atoms with Crippen molar-refractivity contribution < 1.29 is 27.4 Å². The van der Waals surface area contributed by atoms with Crippen LogP contribution >= 0.6 is 0 Å². The Kier molecular flexibility index (Phi) is 6.03. The third-order valence-corrected chi connectivity index (χ3v) is 5.19. The molecule has 2 rings (SSSR count). The SMILES string of the molecule is COc1ccc(OC)c(S(=O)(=O)NC[C@@H]2CN(C(C)=O)CCO2)c1. The van der Waals surface area contributed by atoms with Crippen LogP contribution in [-0.2, 0) is 19.6 Å². The highest BCUT2D eigenvalue weighted by atomic mass is 32.2. The summed E-state index contributed by atoms with van der Waals surface area (Å²) >= 11 is 0. The smallest absolute Gasteiger partial charge is 0.244 e. The fraction of sp³-hybridized carbons (Fsp3) is 0.533. The number of rotatable bonds is 6. The summed E-state index contributed by atoms with van der Waals surface area (Å²) in [5.74, 6) is 0.576. The van der Waals surface area contributed by atoms with Crippen molar-refractivity contribution in [1.82, 2.24) is 9.62 Å². The maximum Gasteiger partial charge on any atom is 0.244 e. The topological polar surface area (TPSA) is 94.2 Å². The van der Waals surface area contributed by atoms with Gasteiger partial charge in [0.05, 0.1) is 26.9 Å². The summed E-state index contributed by atoms with van der Waals surface area (Å²) in [6.45, 7) is 2.80. The minimum atomic E-state index is -3.81. The molecule has 0 aliphatic carbocycles. The van der Waals surface area contributed by atoms with Crippen LogP contribution in [0.25, 0.3) is 0 Å². The number of carbonyl (C=O) groups excluding carboxylic acids is 1. The number of amides is 1. The number of morpholine rings is 1. The van der Waals surface area contributed by atoms with Crippen molar-refractivity contribution in [2.45, 2.75) is 17.9 Å². The Bertz CT molecular complexity index is 691. The molecule has 1 aliphatic rings. The zero-order valence-corrected chi connectivity index (χ0v) is 14.8. The molecule has 1 aromatic carbocycles. The molecule has 1 saturated heterocycles. The third-order valence-electron chi connectivity index (χ3n) is 3.75. The molecule has 134 valence electrons.